The first-order valence-corrected chi connectivity index (χ1v) is 11.2. The van der Waals surface area contributed by atoms with Gasteiger partial charge in [-0.3, -0.25) is 0 Å². The van der Waals surface area contributed by atoms with Crippen molar-refractivity contribution in [2.24, 2.45) is 0 Å². The van der Waals surface area contributed by atoms with Gasteiger partial charge in [0.25, 0.3) is 0 Å². The molecule has 5 heteroatoms. The maximum Gasteiger partial charge on any atom is 0.119 e. The van der Waals surface area contributed by atoms with Crippen molar-refractivity contribution in [1.29, 1.82) is 0 Å². The number of hydrogen-bond acceptors (Lipinski definition) is 4. The monoisotopic (exact) mass is 410 g/mol. The van der Waals surface area contributed by atoms with Gasteiger partial charge in [-0.1, -0.05) is 45.2 Å². The van der Waals surface area contributed by atoms with Crippen LogP contribution in [0.4, 0.5) is 0 Å². The molecule has 0 aliphatic carbocycles. The predicted molar refractivity (Wildman–Crippen MR) is 121 cm³/mol. The molecule has 1 aromatic heterocycles. The van der Waals surface area contributed by atoms with Crippen LogP contribution in [0.15, 0.2) is 48.5 Å². The maximum absolute atomic E-state index is 10.6. The molecule has 5 nitrogen and oxygen atoms in total. The van der Waals surface area contributed by atoms with Gasteiger partial charge in [0.1, 0.15) is 30.0 Å². The molecule has 1 heterocycles. The Kier molecular flexibility index (Phi) is 8.57. The molecule has 1 atom stereocenters. The van der Waals surface area contributed by atoms with E-state index >= 15 is 0 Å². The summed E-state index contributed by atoms with van der Waals surface area (Å²) in [6.07, 6.45) is 6.07. The van der Waals surface area contributed by atoms with Gasteiger partial charge < -0.3 is 19.1 Å². The lowest BCUT2D eigenvalue weighted by atomic mass is 10.2. The number of aliphatic hydroxyl groups excluding tert-OH is 1. The highest BCUT2D eigenvalue weighted by molar-refractivity contribution is 5.75. The van der Waals surface area contributed by atoms with E-state index in [-0.39, 0.29) is 6.61 Å². The third kappa shape index (κ3) is 6.23. The zero-order valence-corrected chi connectivity index (χ0v) is 18.2. The van der Waals surface area contributed by atoms with Crippen molar-refractivity contribution in [2.75, 3.05) is 13.2 Å². The van der Waals surface area contributed by atoms with Crippen molar-refractivity contribution >= 4 is 11.0 Å². The molecule has 0 aliphatic heterocycles. The lowest BCUT2D eigenvalue weighted by Crippen LogP contribution is -2.24. The molecular weight excluding hydrogens is 376 g/mol. The molecule has 3 aromatic rings. The number of fused-ring (bicyclic) bond motifs is 1. The minimum absolute atomic E-state index is 0.231. The summed E-state index contributed by atoms with van der Waals surface area (Å²) < 4.78 is 13.7. The minimum Gasteiger partial charge on any atom is -0.494 e. The van der Waals surface area contributed by atoms with E-state index in [0.29, 0.717) is 6.54 Å². The quantitative estimate of drug-likeness (QED) is 0.384. The third-order valence-corrected chi connectivity index (χ3v) is 5.13. The largest absolute Gasteiger partial charge is 0.494 e. The summed E-state index contributed by atoms with van der Waals surface area (Å²) in [6.45, 7) is 5.79. The number of aliphatic hydroxyl groups is 1. The second kappa shape index (κ2) is 11.6. The van der Waals surface area contributed by atoms with E-state index in [9.17, 15) is 5.11 Å². The highest BCUT2D eigenvalue weighted by Crippen LogP contribution is 2.20. The fraction of sp³-hybridized carbons (Fsp3) is 0.480. The number of aryl methyl sites for hydroxylation is 1. The van der Waals surface area contributed by atoms with Crippen LogP contribution >= 0.6 is 0 Å². The summed E-state index contributed by atoms with van der Waals surface area (Å²) in [5, 5.41) is 10.6. The van der Waals surface area contributed by atoms with Gasteiger partial charge in [0.05, 0.1) is 24.2 Å². The Hall–Kier alpha value is -2.53. The Balaban J connectivity index is 1.51. The second-order valence-corrected chi connectivity index (χ2v) is 7.72. The number of benzene rings is 2. The van der Waals surface area contributed by atoms with Gasteiger partial charge in [0, 0.05) is 6.42 Å². The van der Waals surface area contributed by atoms with Crippen LogP contribution in [-0.4, -0.2) is 34.0 Å². The number of rotatable bonds is 13. The van der Waals surface area contributed by atoms with Gasteiger partial charge in [0.15, 0.2) is 0 Å². The fourth-order valence-corrected chi connectivity index (χ4v) is 3.55. The average molecular weight is 411 g/mol. The minimum atomic E-state index is -0.618. The first-order chi connectivity index (χ1) is 14.7. The van der Waals surface area contributed by atoms with Crippen LogP contribution in [-0.2, 0) is 13.0 Å². The van der Waals surface area contributed by atoms with Gasteiger partial charge in [0.2, 0.25) is 0 Å². The smallest absolute Gasteiger partial charge is 0.119 e. The lowest BCUT2D eigenvalue weighted by molar-refractivity contribution is 0.0927. The van der Waals surface area contributed by atoms with Crippen LogP contribution in [0.3, 0.4) is 0 Å². The van der Waals surface area contributed by atoms with Crippen molar-refractivity contribution in [3.8, 4) is 11.5 Å². The van der Waals surface area contributed by atoms with Crippen LogP contribution in [0.5, 0.6) is 11.5 Å². The Bertz CT molecular complexity index is 889. The van der Waals surface area contributed by atoms with Crippen LogP contribution in [0.1, 0.15) is 51.8 Å². The van der Waals surface area contributed by atoms with E-state index in [1.165, 1.54) is 19.3 Å². The Labute approximate surface area is 179 Å². The number of nitrogens with zero attached hydrogens (tertiary/aromatic N) is 2. The van der Waals surface area contributed by atoms with Gasteiger partial charge >= 0.3 is 0 Å². The number of hydrogen-bond donors (Lipinski definition) is 1. The summed E-state index contributed by atoms with van der Waals surface area (Å²) in [5.74, 6) is 2.60. The van der Waals surface area contributed by atoms with Crippen LogP contribution in [0.25, 0.3) is 11.0 Å². The Morgan fingerprint density at radius 2 is 1.63 bits per heavy atom. The molecule has 0 amide bonds. The molecule has 0 aliphatic rings. The van der Waals surface area contributed by atoms with Crippen molar-refractivity contribution in [1.82, 2.24) is 9.55 Å². The zero-order chi connectivity index (χ0) is 21.2. The number of ether oxygens (including phenoxy) is 2. The average Bonchev–Trinajstić information content (AvgIpc) is 3.10. The molecule has 0 saturated carbocycles. The molecule has 2 aromatic carbocycles. The zero-order valence-electron chi connectivity index (χ0n) is 18.2. The van der Waals surface area contributed by atoms with Gasteiger partial charge in [-0.2, -0.15) is 0 Å². The first-order valence-electron chi connectivity index (χ1n) is 11.2. The summed E-state index contributed by atoms with van der Waals surface area (Å²) in [7, 11) is 0. The van der Waals surface area contributed by atoms with Crippen LogP contribution in [0, 0.1) is 0 Å². The lowest BCUT2D eigenvalue weighted by Gasteiger charge is -2.16. The summed E-state index contributed by atoms with van der Waals surface area (Å²) in [5.41, 5.74) is 2.03. The summed E-state index contributed by atoms with van der Waals surface area (Å²) >= 11 is 0. The van der Waals surface area contributed by atoms with E-state index in [1.807, 2.05) is 42.5 Å². The molecule has 0 saturated heterocycles. The molecule has 30 heavy (non-hydrogen) atoms. The molecule has 0 spiro atoms. The number of imidazole rings is 1. The number of aromatic nitrogens is 2. The molecular formula is C25H34N2O3. The summed E-state index contributed by atoms with van der Waals surface area (Å²) in [6, 6.07) is 15.7. The summed E-state index contributed by atoms with van der Waals surface area (Å²) in [4.78, 5) is 4.72. The highest BCUT2D eigenvalue weighted by atomic mass is 16.5. The van der Waals surface area contributed by atoms with Crippen molar-refractivity contribution in [2.45, 2.75) is 65.0 Å². The van der Waals surface area contributed by atoms with E-state index < -0.39 is 6.10 Å². The van der Waals surface area contributed by atoms with E-state index in [0.717, 1.165) is 54.2 Å². The van der Waals surface area contributed by atoms with Crippen molar-refractivity contribution in [3.05, 3.63) is 54.4 Å². The topological polar surface area (TPSA) is 56.5 Å². The second-order valence-electron chi connectivity index (χ2n) is 7.72. The SMILES string of the molecule is CCCCCCOc1ccc(OCC(O)Cn2c(CCC)nc3ccccc32)cc1. The van der Waals surface area contributed by atoms with Crippen LogP contribution in [0.2, 0.25) is 0 Å². The van der Waals surface area contributed by atoms with Gasteiger partial charge in [-0.25, -0.2) is 4.98 Å². The first kappa shape index (κ1) is 22.2. The van der Waals surface area contributed by atoms with Crippen molar-refractivity contribution < 1.29 is 14.6 Å². The van der Waals surface area contributed by atoms with Gasteiger partial charge in [-0.05, 0) is 49.2 Å². The highest BCUT2D eigenvalue weighted by Gasteiger charge is 2.14. The Morgan fingerprint density at radius 3 is 2.37 bits per heavy atom. The molecule has 0 bridgehead atoms. The van der Waals surface area contributed by atoms with Crippen LogP contribution < -0.4 is 9.47 Å². The maximum atomic E-state index is 10.6. The van der Waals surface area contributed by atoms with E-state index in [4.69, 9.17) is 14.5 Å². The van der Waals surface area contributed by atoms with E-state index in [2.05, 4.69) is 24.5 Å². The predicted octanol–water partition coefficient (Wildman–Crippen LogP) is 5.39. The Morgan fingerprint density at radius 1 is 0.900 bits per heavy atom. The molecule has 0 fully saturated rings. The molecule has 1 unspecified atom stereocenters. The standard InChI is InChI=1S/C25H34N2O3/c1-3-5-6-9-17-29-21-13-15-22(16-14-21)30-19-20(28)18-27-24-12-8-7-11-23(24)26-25(27)10-4-2/h7-8,11-16,20,28H,3-6,9-10,17-19H2,1-2H3. The third-order valence-electron chi connectivity index (χ3n) is 5.13. The molecule has 0 radical (unpaired) electrons. The van der Waals surface area contributed by atoms with Crippen molar-refractivity contribution in [3.63, 3.8) is 0 Å². The molecule has 162 valence electrons. The van der Waals surface area contributed by atoms with E-state index in [1.54, 1.807) is 0 Å². The fourth-order valence-electron chi connectivity index (χ4n) is 3.55. The molecule has 3 rings (SSSR count). The molecule has 1 N–H and O–H groups in total. The number of unbranched alkanes of at least 4 members (excludes halogenated alkanes) is 3. The normalized spacial score (nSPS) is 12.2. The number of para-hydroxylation sites is 2. The van der Waals surface area contributed by atoms with Gasteiger partial charge in [-0.15, -0.1) is 0 Å².